The minimum absolute atomic E-state index is 0.0622. The molecule has 0 unspecified atom stereocenters. The summed E-state index contributed by atoms with van der Waals surface area (Å²) in [6.07, 6.45) is 1.04. The van der Waals surface area contributed by atoms with E-state index in [0.717, 1.165) is 5.56 Å². The third-order valence-electron chi connectivity index (χ3n) is 4.34. The average Bonchev–Trinajstić information content (AvgIpc) is 2.60. The quantitative estimate of drug-likeness (QED) is 0.819. The second-order valence-electron chi connectivity index (χ2n) is 7.42. The van der Waals surface area contributed by atoms with Crippen molar-refractivity contribution in [2.24, 2.45) is 0 Å². The number of aryl methyl sites for hydroxylation is 1. The van der Waals surface area contributed by atoms with Gasteiger partial charge in [-0.2, -0.15) is 0 Å². The maximum atomic E-state index is 12.1. The minimum Gasteiger partial charge on any atom is -0.326 e. The molecule has 1 amide bonds. The first-order valence-corrected chi connectivity index (χ1v) is 10.5. The normalized spacial score (nSPS) is 12.0. The van der Waals surface area contributed by atoms with Crippen LogP contribution in [0.3, 0.4) is 0 Å². The van der Waals surface area contributed by atoms with E-state index >= 15 is 0 Å². The summed E-state index contributed by atoms with van der Waals surface area (Å²) in [7, 11) is -3.22. The van der Waals surface area contributed by atoms with Crippen molar-refractivity contribution < 1.29 is 13.2 Å². The van der Waals surface area contributed by atoms with Crippen LogP contribution in [-0.4, -0.2) is 20.1 Å². The first kappa shape index (κ1) is 20.2. The Bertz CT molecular complexity index is 846. The van der Waals surface area contributed by atoms with Crippen LogP contribution < -0.4 is 5.32 Å². The number of amides is 1. The maximum Gasteiger partial charge on any atom is 0.224 e. The molecular weight excluding hydrogens is 346 g/mol. The Morgan fingerprint density at radius 2 is 1.54 bits per heavy atom. The van der Waals surface area contributed by atoms with E-state index < -0.39 is 9.84 Å². The third-order valence-corrected chi connectivity index (χ3v) is 6.09. The van der Waals surface area contributed by atoms with Crippen LogP contribution in [0.25, 0.3) is 0 Å². The fraction of sp³-hybridized carbons (Fsp3) is 0.381. The van der Waals surface area contributed by atoms with Gasteiger partial charge in [0, 0.05) is 12.1 Å². The summed E-state index contributed by atoms with van der Waals surface area (Å²) in [5, 5.41) is 2.81. The highest BCUT2D eigenvalue weighted by Crippen LogP contribution is 2.22. The van der Waals surface area contributed by atoms with Crippen molar-refractivity contribution in [2.45, 2.75) is 50.8 Å². The van der Waals surface area contributed by atoms with E-state index in [9.17, 15) is 13.2 Å². The maximum absolute atomic E-state index is 12.1. The Morgan fingerprint density at radius 1 is 0.962 bits per heavy atom. The number of rotatable bonds is 6. The van der Waals surface area contributed by atoms with Gasteiger partial charge in [-0.1, -0.05) is 52.0 Å². The second kappa shape index (κ2) is 8.04. The lowest BCUT2D eigenvalue weighted by Crippen LogP contribution is -2.13. The highest BCUT2D eigenvalue weighted by Gasteiger charge is 2.13. The Balaban J connectivity index is 1.91. The van der Waals surface area contributed by atoms with Crippen molar-refractivity contribution in [3.8, 4) is 0 Å². The van der Waals surface area contributed by atoms with Crippen LogP contribution in [-0.2, 0) is 26.5 Å². The van der Waals surface area contributed by atoms with Gasteiger partial charge in [-0.3, -0.25) is 4.79 Å². The van der Waals surface area contributed by atoms with Crippen LogP contribution in [0.5, 0.6) is 0 Å². The van der Waals surface area contributed by atoms with Gasteiger partial charge < -0.3 is 5.32 Å². The number of anilines is 1. The number of hydrogen-bond acceptors (Lipinski definition) is 3. The van der Waals surface area contributed by atoms with E-state index in [0.29, 0.717) is 18.5 Å². The molecule has 0 aliphatic carbocycles. The van der Waals surface area contributed by atoms with E-state index in [1.807, 2.05) is 0 Å². The van der Waals surface area contributed by atoms with Gasteiger partial charge in [0.1, 0.15) is 0 Å². The molecule has 2 aromatic carbocycles. The van der Waals surface area contributed by atoms with Crippen LogP contribution in [0.4, 0.5) is 5.69 Å². The minimum atomic E-state index is -3.22. The molecule has 0 aromatic heterocycles. The van der Waals surface area contributed by atoms with Gasteiger partial charge in [0.05, 0.1) is 10.6 Å². The summed E-state index contributed by atoms with van der Waals surface area (Å²) in [6, 6.07) is 14.7. The number of sulfone groups is 1. The summed E-state index contributed by atoms with van der Waals surface area (Å²) in [6.45, 7) is 8.13. The van der Waals surface area contributed by atoms with E-state index in [2.05, 4.69) is 50.4 Å². The molecule has 0 atom stereocenters. The van der Waals surface area contributed by atoms with Crippen LogP contribution >= 0.6 is 0 Å². The number of nitrogens with one attached hydrogen (secondary N) is 1. The lowest BCUT2D eigenvalue weighted by Gasteiger charge is -2.19. The first-order valence-electron chi connectivity index (χ1n) is 8.84. The lowest BCUT2D eigenvalue weighted by atomic mass is 9.86. The molecule has 0 saturated heterocycles. The van der Waals surface area contributed by atoms with Gasteiger partial charge in [-0.05, 0) is 47.2 Å². The molecule has 140 valence electrons. The Morgan fingerprint density at radius 3 is 2.04 bits per heavy atom. The molecule has 2 rings (SSSR count). The van der Waals surface area contributed by atoms with E-state index in [1.54, 1.807) is 19.1 Å². The smallest absolute Gasteiger partial charge is 0.224 e. The largest absolute Gasteiger partial charge is 0.326 e. The summed E-state index contributed by atoms with van der Waals surface area (Å²) in [4.78, 5) is 12.4. The zero-order valence-electron chi connectivity index (χ0n) is 15.9. The topological polar surface area (TPSA) is 63.2 Å². The Kier molecular flexibility index (Phi) is 6.24. The number of hydrogen-bond donors (Lipinski definition) is 1. The Hall–Kier alpha value is -2.14. The van der Waals surface area contributed by atoms with Gasteiger partial charge in [0.15, 0.2) is 9.84 Å². The summed E-state index contributed by atoms with van der Waals surface area (Å²) in [5.74, 6) is -0.0248. The number of benzene rings is 2. The van der Waals surface area contributed by atoms with Crippen LogP contribution in [0.1, 0.15) is 45.2 Å². The van der Waals surface area contributed by atoms with Crippen molar-refractivity contribution in [3.05, 3.63) is 59.7 Å². The molecule has 26 heavy (non-hydrogen) atoms. The van der Waals surface area contributed by atoms with Gasteiger partial charge in [-0.25, -0.2) is 8.42 Å². The summed E-state index contributed by atoms with van der Waals surface area (Å²) in [5.41, 5.74) is 3.12. The van der Waals surface area contributed by atoms with E-state index in [-0.39, 0.29) is 22.0 Å². The molecular formula is C21H27NO3S. The zero-order chi connectivity index (χ0) is 19.4. The summed E-state index contributed by atoms with van der Waals surface area (Å²) >= 11 is 0. The molecule has 0 radical (unpaired) electrons. The van der Waals surface area contributed by atoms with Gasteiger partial charge in [-0.15, -0.1) is 0 Å². The number of carbonyl (C=O) groups is 1. The average molecular weight is 374 g/mol. The molecule has 0 fully saturated rings. The highest BCUT2D eigenvalue weighted by molar-refractivity contribution is 7.91. The summed E-state index contributed by atoms with van der Waals surface area (Å²) < 4.78 is 23.6. The number of carbonyl (C=O) groups excluding carboxylic acids is 1. The monoisotopic (exact) mass is 373 g/mol. The first-order chi connectivity index (χ1) is 12.1. The van der Waals surface area contributed by atoms with E-state index in [4.69, 9.17) is 0 Å². The van der Waals surface area contributed by atoms with Crippen LogP contribution in [0, 0.1) is 0 Å². The molecule has 0 aliphatic rings. The molecule has 0 saturated carbocycles. The molecule has 0 aliphatic heterocycles. The van der Waals surface area contributed by atoms with Crippen molar-refractivity contribution in [1.29, 1.82) is 0 Å². The highest BCUT2D eigenvalue weighted by atomic mass is 32.2. The SMILES string of the molecule is CCS(=O)(=O)c1ccc(NC(=O)CCc2ccc(C(C)(C)C)cc2)cc1. The molecule has 5 heteroatoms. The van der Waals surface area contributed by atoms with Crippen molar-refractivity contribution >= 4 is 21.4 Å². The predicted molar refractivity (Wildman–Crippen MR) is 106 cm³/mol. The third kappa shape index (κ3) is 5.43. The molecule has 0 heterocycles. The van der Waals surface area contributed by atoms with Gasteiger partial charge in [0.2, 0.25) is 5.91 Å². The zero-order valence-corrected chi connectivity index (χ0v) is 16.7. The molecule has 0 spiro atoms. The van der Waals surface area contributed by atoms with Gasteiger partial charge >= 0.3 is 0 Å². The predicted octanol–water partition coefficient (Wildman–Crippen LogP) is 4.35. The fourth-order valence-corrected chi connectivity index (χ4v) is 3.45. The van der Waals surface area contributed by atoms with Gasteiger partial charge in [0.25, 0.3) is 0 Å². The lowest BCUT2D eigenvalue weighted by molar-refractivity contribution is -0.116. The Labute approximate surface area is 156 Å². The fourth-order valence-electron chi connectivity index (χ4n) is 2.57. The van der Waals surface area contributed by atoms with E-state index in [1.165, 1.54) is 17.7 Å². The van der Waals surface area contributed by atoms with Crippen molar-refractivity contribution in [1.82, 2.24) is 0 Å². The molecule has 0 bridgehead atoms. The van der Waals surface area contributed by atoms with Crippen molar-refractivity contribution in [3.63, 3.8) is 0 Å². The molecule has 4 nitrogen and oxygen atoms in total. The second-order valence-corrected chi connectivity index (χ2v) is 9.70. The van der Waals surface area contributed by atoms with Crippen molar-refractivity contribution in [2.75, 3.05) is 11.1 Å². The molecule has 2 aromatic rings. The standard InChI is InChI=1S/C21H27NO3S/c1-5-26(24,25)19-13-11-18(12-14-19)22-20(23)15-8-16-6-9-17(10-7-16)21(2,3)4/h6-7,9-14H,5,8,15H2,1-4H3,(H,22,23). The molecule has 1 N–H and O–H groups in total. The van der Waals surface area contributed by atoms with Crippen LogP contribution in [0.2, 0.25) is 0 Å². The van der Waals surface area contributed by atoms with Crippen LogP contribution in [0.15, 0.2) is 53.4 Å².